The van der Waals surface area contributed by atoms with Crippen molar-refractivity contribution < 1.29 is 4.79 Å². The standard InChI is InChI=1S/C22H35N3O/c1-2-3-15-25-18-22(12-9-21(25)26)11-4-14-24(17-22)16-20-7-5-19(6-8-20)10-13-23/h5-8H,2-4,9-18,23H2,1H3. The first-order valence-corrected chi connectivity index (χ1v) is 10.4. The molecule has 26 heavy (non-hydrogen) atoms. The summed E-state index contributed by atoms with van der Waals surface area (Å²) in [6.07, 6.45) is 7.57. The van der Waals surface area contributed by atoms with Crippen molar-refractivity contribution in [2.24, 2.45) is 11.1 Å². The van der Waals surface area contributed by atoms with Gasteiger partial charge in [0.05, 0.1) is 0 Å². The van der Waals surface area contributed by atoms with Crippen molar-refractivity contribution in [2.75, 3.05) is 32.7 Å². The Morgan fingerprint density at radius 3 is 2.62 bits per heavy atom. The molecular formula is C22H35N3O. The number of piperidine rings is 2. The number of hydrogen-bond acceptors (Lipinski definition) is 3. The Morgan fingerprint density at radius 2 is 1.88 bits per heavy atom. The van der Waals surface area contributed by atoms with E-state index in [1.165, 1.54) is 30.5 Å². The number of benzene rings is 1. The van der Waals surface area contributed by atoms with Crippen LogP contribution < -0.4 is 5.73 Å². The summed E-state index contributed by atoms with van der Waals surface area (Å²) in [4.78, 5) is 17.0. The highest BCUT2D eigenvalue weighted by atomic mass is 16.2. The number of amides is 1. The van der Waals surface area contributed by atoms with Gasteiger partial charge >= 0.3 is 0 Å². The van der Waals surface area contributed by atoms with Crippen LogP contribution in [0.15, 0.2) is 24.3 Å². The molecule has 0 aromatic heterocycles. The van der Waals surface area contributed by atoms with Crippen LogP contribution in [0.2, 0.25) is 0 Å². The maximum atomic E-state index is 12.3. The molecule has 2 aliphatic heterocycles. The van der Waals surface area contributed by atoms with E-state index in [0.29, 0.717) is 17.9 Å². The third-order valence-corrected chi connectivity index (χ3v) is 6.13. The molecule has 2 saturated heterocycles. The summed E-state index contributed by atoms with van der Waals surface area (Å²) in [5.74, 6) is 0.372. The minimum absolute atomic E-state index is 0.319. The zero-order valence-corrected chi connectivity index (χ0v) is 16.4. The molecule has 2 N–H and O–H groups in total. The molecule has 0 radical (unpaired) electrons. The predicted octanol–water partition coefficient (Wildman–Crippen LogP) is 3.19. The van der Waals surface area contributed by atoms with E-state index in [-0.39, 0.29) is 0 Å². The fourth-order valence-corrected chi connectivity index (χ4v) is 4.67. The Labute approximate surface area is 158 Å². The Morgan fingerprint density at radius 1 is 1.12 bits per heavy atom. The lowest BCUT2D eigenvalue weighted by Gasteiger charge is -2.48. The highest BCUT2D eigenvalue weighted by molar-refractivity contribution is 5.77. The molecule has 3 rings (SSSR count). The number of likely N-dealkylation sites (tertiary alicyclic amines) is 2. The Balaban J connectivity index is 1.60. The number of rotatable bonds is 7. The van der Waals surface area contributed by atoms with Crippen LogP contribution in [0.4, 0.5) is 0 Å². The SMILES string of the molecule is CCCCN1CC2(CCCN(Cc3ccc(CCN)cc3)C2)CCC1=O. The molecule has 1 aromatic rings. The molecule has 0 aliphatic carbocycles. The van der Waals surface area contributed by atoms with Crippen LogP contribution in [-0.4, -0.2) is 48.4 Å². The van der Waals surface area contributed by atoms with Crippen LogP contribution in [-0.2, 0) is 17.8 Å². The van der Waals surface area contributed by atoms with Gasteiger partial charge in [-0.05, 0) is 56.3 Å². The van der Waals surface area contributed by atoms with Crippen molar-refractivity contribution in [1.29, 1.82) is 0 Å². The fourth-order valence-electron chi connectivity index (χ4n) is 4.67. The van der Waals surface area contributed by atoms with Gasteiger partial charge < -0.3 is 10.6 Å². The van der Waals surface area contributed by atoms with Crippen LogP contribution in [0.25, 0.3) is 0 Å². The highest BCUT2D eigenvalue weighted by Gasteiger charge is 2.41. The van der Waals surface area contributed by atoms with Crippen molar-refractivity contribution in [1.82, 2.24) is 9.80 Å². The van der Waals surface area contributed by atoms with Crippen LogP contribution in [0.3, 0.4) is 0 Å². The maximum Gasteiger partial charge on any atom is 0.222 e. The van der Waals surface area contributed by atoms with E-state index in [9.17, 15) is 4.79 Å². The zero-order valence-electron chi connectivity index (χ0n) is 16.4. The van der Waals surface area contributed by atoms with Crippen molar-refractivity contribution in [3.05, 3.63) is 35.4 Å². The van der Waals surface area contributed by atoms with Crippen molar-refractivity contribution in [3.8, 4) is 0 Å². The zero-order chi connectivity index (χ0) is 18.4. The molecule has 4 nitrogen and oxygen atoms in total. The molecule has 2 aliphatic rings. The summed E-state index contributed by atoms with van der Waals surface area (Å²) < 4.78 is 0. The van der Waals surface area contributed by atoms with Gasteiger partial charge in [-0.3, -0.25) is 9.69 Å². The monoisotopic (exact) mass is 357 g/mol. The van der Waals surface area contributed by atoms with Gasteiger partial charge in [0, 0.05) is 38.0 Å². The summed E-state index contributed by atoms with van der Waals surface area (Å²) in [6.45, 7) is 8.15. The smallest absolute Gasteiger partial charge is 0.222 e. The van der Waals surface area contributed by atoms with Crippen molar-refractivity contribution in [2.45, 2.75) is 58.4 Å². The second-order valence-electron chi connectivity index (χ2n) is 8.34. The first-order valence-electron chi connectivity index (χ1n) is 10.4. The van der Waals surface area contributed by atoms with Crippen LogP contribution in [0.1, 0.15) is 56.6 Å². The predicted molar refractivity (Wildman–Crippen MR) is 107 cm³/mol. The van der Waals surface area contributed by atoms with Gasteiger partial charge in [-0.15, -0.1) is 0 Å². The topological polar surface area (TPSA) is 49.6 Å². The molecule has 144 valence electrons. The molecule has 1 aromatic carbocycles. The number of hydrogen-bond donors (Lipinski definition) is 1. The Kier molecular flexibility index (Phi) is 6.71. The van der Waals surface area contributed by atoms with E-state index in [1.807, 2.05) is 0 Å². The lowest BCUT2D eigenvalue weighted by Crippen LogP contribution is -2.53. The largest absolute Gasteiger partial charge is 0.342 e. The minimum Gasteiger partial charge on any atom is -0.342 e. The third kappa shape index (κ3) is 4.86. The number of nitrogens with two attached hydrogens (primary N) is 1. The average Bonchev–Trinajstić information content (AvgIpc) is 2.65. The van der Waals surface area contributed by atoms with Crippen molar-refractivity contribution in [3.63, 3.8) is 0 Å². The molecule has 1 unspecified atom stereocenters. The summed E-state index contributed by atoms with van der Waals surface area (Å²) in [6, 6.07) is 8.94. The molecule has 0 bridgehead atoms. The van der Waals surface area contributed by atoms with E-state index in [1.54, 1.807) is 0 Å². The quantitative estimate of drug-likeness (QED) is 0.815. The van der Waals surface area contributed by atoms with Gasteiger partial charge in [0.25, 0.3) is 0 Å². The Hall–Kier alpha value is -1.39. The van der Waals surface area contributed by atoms with E-state index in [0.717, 1.165) is 58.3 Å². The first-order chi connectivity index (χ1) is 12.6. The van der Waals surface area contributed by atoms with Gasteiger partial charge in [0.2, 0.25) is 5.91 Å². The van der Waals surface area contributed by atoms with Crippen LogP contribution in [0, 0.1) is 5.41 Å². The summed E-state index contributed by atoms with van der Waals surface area (Å²) in [5.41, 5.74) is 8.67. The second kappa shape index (κ2) is 9.01. The van der Waals surface area contributed by atoms with E-state index >= 15 is 0 Å². The minimum atomic E-state index is 0.319. The van der Waals surface area contributed by atoms with Gasteiger partial charge in [-0.2, -0.15) is 0 Å². The number of carbonyl (C=O) groups excluding carboxylic acids is 1. The number of nitrogens with zero attached hydrogens (tertiary/aromatic N) is 2. The lowest BCUT2D eigenvalue weighted by molar-refractivity contribution is -0.139. The van der Waals surface area contributed by atoms with E-state index < -0.39 is 0 Å². The first kappa shape index (κ1) is 19.4. The number of unbranched alkanes of at least 4 members (excludes halogenated alkanes) is 1. The summed E-state index contributed by atoms with van der Waals surface area (Å²) in [5, 5.41) is 0. The third-order valence-electron chi connectivity index (χ3n) is 6.13. The Bertz CT molecular complexity index is 586. The van der Waals surface area contributed by atoms with Gasteiger partial charge in [0.1, 0.15) is 0 Å². The highest BCUT2D eigenvalue weighted by Crippen LogP contribution is 2.39. The molecule has 1 amide bonds. The van der Waals surface area contributed by atoms with E-state index in [2.05, 4.69) is 41.0 Å². The molecule has 0 saturated carbocycles. The normalized spacial score (nSPS) is 24.4. The van der Waals surface area contributed by atoms with Crippen LogP contribution >= 0.6 is 0 Å². The van der Waals surface area contributed by atoms with Gasteiger partial charge in [-0.1, -0.05) is 37.6 Å². The molecule has 4 heteroatoms. The van der Waals surface area contributed by atoms with Gasteiger partial charge in [0.15, 0.2) is 0 Å². The molecular weight excluding hydrogens is 322 g/mol. The lowest BCUT2D eigenvalue weighted by atomic mass is 9.73. The van der Waals surface area contributed by atoms with E-state index in [4.69, 9.17) is 5.73 Å². The van der Waals surface area contributed by atoms with Gasteiger partial charge in [-0.25, -0.2) is 0 Å². The second-order valence-corrected chi connectivity index (χ2v) is 8.34. The fraction of sp³-hybridized carbons (Fsp3) is 0.682. The molecule has 1 spiro atoms. The number of carbonyl (C=O) groups is 1. The maximum absolute atomic E-state index is 12.3. The molecule has 2 heterocycles. The average molecular weight is 358 g/mol. The summed E-state index contributed by atoms with van der Waals surface area (Å²) >= 11 is 0. The van der Waals surface area contributed by atoms with Crippen LogP contribution in [0.5, 0.6) is 0 Å². The van der Waals surface area contributed by atoms with Crippen molar-refractivity contribution >= 4 is 5.91 Å². The summed E-state index contributed by atoms with van der Waals surface area (Å²) in [7, 11) is 0. The molecule has 2 fully saturated rings. The molecule has 1 atom stereocenters.